The topological polar surface area (TPSA) is 41.5 Å². The first-order valence-corrected chi connectivity index (χ1v) is 5.35. The molecule has 0 aliphatic carbocycles. The minimum atomic E-state index is 0.234. The number of rotatable bonds is 4. The summed E-state index contributed by atoms with van der Waals surface area (Å²) in [6.07, 6.45) is 0. The minimum Gasteiger partial charge on any atom is -0.506 e. The summed E-state index contributed by atoms with van der Waals surface area (Å²) in [7, 11) is 1.64. The summed E-state index contributed by atoms with van der Waals surface area (Å²) < 4.78 is 5.09. The molecule has 0 spiro atoms. The average Bonchev–Trinajstić information content (AvgIpc) is 2.38. The quantitative estimate of drug-likeness (QED) is 0.791. The third-order valence-electron chi connectivity index (χ3n) is 2.48. The third-order valence-corrected chi connectivity index (χ3v) is 2.48. The lowest BCUT2D eigenvalue weighted by atomic mass is 10.2. The van der Waals surface area contributed by atoms with Crippen LogP contribution in [0.1, 0.15) is 5.56 Å². The van der Waals surface area contributed by atoms with Crippen molar-refractivity contribution in [2.75, 3.05) is 12.4 Å². The lowest BCUT2D eigenvalue weighted by molar-refractivity contribution is 0.414. The average molecular weight is 228 g/mol. The molecular weight excluding hydrogens is 214 g/mol. The van der Waals surface area contributed by atoms with Crippen LogP contribution in [0.15, 0.2) is 42.5 Å². The number of benzene rings is 2. The number of nitrogens with one attached hydrogen (secondary N) is 1. The molecule has 2 aromatic rings. The van der Waals surface area contributed by atoms with E-state index in [9.17, 15) is 5.11 Å². The van der Waals surface area contributed by atoms with Crippen molar-refractivity contribution in [1.29, 1.82) is 0 Å². The summed E-state index contributed by atoms with van der Waals surface area (Å²) in [5.74, 6) is 1.07. The van der Waals surface area contributed by atoms with Crippen LogP contribution in [0.4, 0.5) is 5.69 Å². The van der Waals surface area contributed by atoms with Gasteiger partial charge in [0.05, 0.1) is 12.8 Å². The molecule has 0 atom stereocenters. The molecule has 0 bridgehead atoms. The number of aromatic hydroxyl groups is 1. The Balaban J connectivity index is 2.00. The molecule has 0 amide bonds. The molecular formula is C14H14NO2. The normalized spacial score (nSPS) is 9.94. The van der Waals surface area contributed by atoms with Crippen LogP contribution in [-0.2, 0) is 6.54 Å². The summed E-state index contributed by atoms with van der Waals surface area (Å²) in [4.78, 5) is 0. The van der Waals surface area contributed by atoms with Crippen molar-refractivity contribution in [3.63, 3.8) is 0 Å². The van der Waals surface area contributed by atoms with E-state index in [0.29, 0.717) is 12.2 Å². The van der Waals surface area contributed by atoms with E-state index in [1.807, 2.05) is 24.3 Å². The Kier molecular flexibility index (Phi) is 3.50. The predicted molar refractivity (Wildman–Crippen MR) is 67.3 cm³/mol. The number of hydrogen-bond donors (Lipinski definition) is 2. The summed E-state index contributed by atoms with van der Waals surface area (Å²) in [5.41, 5.74) is 1.80. The molecule has 0 saturated carbocycles. The van der Waals surface area contributed by atoms with E-state index in [1.54, 1.807) is 25.3 Å². The molecule has 1 radical (unpaired) electrons. The number of phenols is 1. The summed E-state index contributed by atoms with van der Waals surface area (Å²) in [5, 5.41) is 12.7. The number of hydrogen-bond acceptors (Lipinski definition) is 3. The smallest absolute Gasteiger partial charge is 0.138 e. The van der Waals surface area contributed by atoms with Crippen LogP contribution in [0.5, 0.6) is 11.5 Å². The van der Waals surface area contributed by atoms with E-state index in [0.717, 1.165) is 11.3 Å². The molecule has 0 aliphatic heterocycles. The predicted octanol–water partition coefficient (Wildman–Crippen LogP) is 2.81. The maximum absolute atomic E-state index is 9.57. The second kappa shape index (κ2) is 5.25. The van der Waals surface area contributed by atoms with Gasteiger partial charge in [-0.2, -0.15) is 0 Å². The number of anilines is 1. The lowest BCUT2D eigenvalue weighted by Crippen LogP contribution is -1.99. The molecule has 2 rings (SSSR count). The zero-order valence-corrected chi connectivity index (χ0v) is 9.60. The van der Waals surface area contributed by atoms with Gasteiger partial charge in [-0.3, -0.25) is 0 Å². The van der Waals surface area contributed by atoms with Crippen LogP contribution in [0, 0.1) is 6.07 Å². The maximum Gasteiger partial charge on any atom is 0.138 e. The van der Waals surface area contributed by atoms with Crippen molar-refractivity contribution in [1.82, 2.24) is 0 Å². The molecule has 2 N–H and O–H groups in total. The highest BCUT2D eigenvalue weighted by Gasteiger charge is 1.99. The van der Waals surface area contributed by atoms with Gasteiger partial charge in [-0.15, -0.1) is 0 Å². The summed E-state index contributed by atoms with van der Waals surface area (Å²) >= 11 is 0. The van der Waals surface area contributed by atoms with Gasteiger partial charge in [0.2, 0.25) is 0 Å². The Hall–Kier alpha value is -2.16. The monoisotopic (exact) mass is 228 g/mol. The fraction of sp³-hybridized carbons (Fsp3) is 0.143. The molecule has 3 heteroatoms. The van der Waals surface area contributed by atoms with Crippen LogP contribution in [0.2, 0.25) is 0 Å². The Morgan fingerprint density at radius 3 is 2.65 bits per heavy atom. The Morgan fingerprint density at radius 1 is 1.24 bits per heavy atom. The van der Waals surface area contributed by atoms with Gasteiger partial charge < -0.3 is 15.2 Å². The van der Waals surface area contributed by atoms with Crippen molar-refractivity contribution < 1.29 is 9.84 Å². The molecule has 0 aromatic heterocycles. The lowest BCUT2D eigenvalue weighted by Gasteiger charge is -2.08. The fourth-order valence-electron chi connectivity index (χ4n) is 1.50. The molecule has 0 aliphatic rings. The fourth-order valence-corrected chi connectivity index (χ4v) is 1.50. The molecule has 0 saturated heterocycles. The van der Waals surface area contributed by atoms with Crippen molar-refractivity contribution >= 4 is 5.69 Å². The van der Waals surface area contributed by atoms with E-state index in [2.05, 4.69) is 11.4 Å². The van der Waals surface area contributed by atoms with Crippen molar-refractivity contribution in [3.8, 4) is 11.5 Å². The maximum atomic E-state index is 9.57. The molecule has 2 aromatic carbocycles. The third kappa shape index (κ3) is 2.91. The zero-order valence-electron chi connectivity index (χ0n) is 9.60. The van der Waals surface area contributed by atoms with E-state index in [-0.39, 0.29) is 5.75 Å². The van der Waals surface area contributed by atoms with Gasteiger partial charge in [-0.1, -0.05) is 18.2 Å². The van der Waals surface area contributed by atoms with E-state index in [4.69, 9.17) is 4.74 Å². The first-order valence-electron chi connectivity index (χ1n) is 5.35. The van der Waals surface area contributed by atoms with Gasteiger partial charge in [0.1, 0.15) is 11.5 Å². The molecule has 0 unspecified atom stereocenters. The Morgan fingerprint density at radius 2 is 2.00 bits per heavy atom. The number of phenolic OH excluding ortho intramolecular Hbond substituents is 1. The molecule has 0 fully saturated rings. The van der Waals surface area contributed by atoms with Gasteiger partial charge >= 0.3 is 0 Å². The van der Waals surface area contributed by atoms with Crippen molar-refractivity contribution in [3.05, 3.63) is 54.1 Å². The number of ether oxygens (including phenoxy) is 1. The van der Waals surface area contributed by atoms with Crippen LogP contribution in [-0.4, -0.2) is 12.2 Å². The zero-order chi connectivity index (χ0) is 12.1. The van der Waals surface area contributed by atoms with Gasteiger partial charge in [0.15, 0.2) is 0 Å². The number of methoxy groups -OCH3 is 1. The Bertz CT molecular complexity index is 480. The highest BCUT2D eigenvalue weighted by molar-refractivity contribution is 5.55. The molecule has 0 heterocycles. The minimum absolute atomic E-state index is 0.234. The summed E-state index contributed by atoms with van der Waals surface area (Å²) in [6.45, 7) is 0.648. The molecule has 17 heavy (non-hydrogen) atoms. The van der Waals surface area contributed by atoms with Gasteiger partial charge in [0.25, 0.3) is 0 Å². The highest BCUT2D eigenvalue weighted by Crippen LogP contribution is 2.22. The van der Waals surface area contributed by atoms with E-state index < -0.39 is 0 Å². The van der Waals surface area contributed by atoms with Crippen LogP contribution in [0.3, 0.4) is 0 Å². The largest absolute Gasteiger partial charge is 0.506 e. The Labute approximate surface area is 101 Å². The molecule has 3 nitrogen and oxygen atoms in total. The van der Waals surface area contributed by atoms with Crippen LogP contribution in [0.25, 0.3) is 0 Å². The van der Waals surface area contributed by atoms with Crippen LogP contribution < -0.4 is 10.1 Å². The van der Waals surface area contributed by atoms with Crippen LogP contribution >= 0.6 is 0 Å². The van der Waals surface area contributed by atoms with Crippen molar-refractivity contribution in [2.24, 2.45) is 0 Å². The first-order chi connectivity index (χ1) is 8.29. The van der Waals surface area contributed by atoms with Gasteiger partial charge in [-0.25, -0.2) is 0 Å². The SMILES string of the molecule is COc1ccc(CNc2c[c]ccc2O)cc1. The second-order valence-electron chi connectivity index (χ2n) is 3.64. The van der Waals surface area contributed by atoms with E-state index in [1.165, 1.54) is 0 Å². The second-order valence-corrected chi connectivity index (χ2v) is 3.64. The van der Waals surface area contributed by atoms with Gasteiger partial charge in [-0.05, 0) is 35.9 Å². The summed E-state index contributed by atoms with van der Waals surface area (Å²) in [6, 6.07) is 15.7. The highest BCUT2D eigenvalue weighted by atomic mass is 16.5. The molecule has 87 valence electrons. The van der Waals surface area contributed by atoms with Gasteiger partial charge in [0, 0.05) is 6.54 Å². The first kappa shape index (κ1) is 11.3. The van der Waals surface area contributed by atoms with Crippen molar-refractivity contribution in [2.45, 2.75) is 6.54 Å². The standard InChI is InChI=1S/C14H14NO2/c1-17-12-8-6-11(7-9-12)10-15-13-4-2-3-5-14(13)16/h3-9,15-16H,10H2,1H3. The van der Waals surface area contributed by atoms with E-state index >= 15 is 0 Å².